The number of guanidine groups is 1. The van der Waals surface area contributed by atoms with E-state index in [2.05, 4.69) is 44.4 Å². The summed E-state index contributed by atoms with van der Waals surface area (Å²) in [6.07, 6.45) is 4.13. The van der Waals surface area contributed by atoms with Crippen LogP contribution in [0.2, 0.25) is 0 Å². The zero-order valence-electron chi connectivity index (χ0n) is 16.3. The highest BCUT2D eigenvalue weighted by Gasteiger charge is 2.22. The van der Waals surface area contributed by atoms with E-state index in [-0.39, 0.29) is 0 Å². The monoisotopic (exact) mass is 370 g/mol. The van der Waals surface area contributed by atoms with Crippen molar-refractivity contribution >= 4 is 5.96 Å². The molecule has 7 nitrogen and oxygen atoms in total. The maximum atomic E-state index is 6.01. The van der Waals surface area contributed by atoms with Crippen molar-refractivity contribution in [1.29, 1.82) is 0 Å². The first-order chi connectivity index (χ1) is 13.2. The van der Waals surface area contributed by atoms with E-state index in [1.165, 1.54) is 24.9 Å². The second kappa shape index (κ2) is 9.50. The van der Waals surface area contributed by atoms with Gasteiger partial charge in [0.05, 0.1) is 6.54 Å². The van der Waals surface area contributed by atoms with E-state index in [4.69, 9.17) is 10.3 Å². The summed E-state index contributed by atoms with van der Waals surface area (Å²) in [6.45, 7) is 8.03. The molecule has 3 rings (SSSR count). The van der Waals surface area contributed by atoms with Crippen molar-refractivity contribution in [3.63, 3.8) is 0 Å². The number of rotatable bonds is 8. The van der Waals surface area contributed by atoms with Gasteiger partial charge in [0.2, 0.25) is 0 Å². The van der Waals surface area contributed by atoms with Gasteiger partial charge >= 0.3 is 0 Å². The molecule has 0 bridgehead atoms. The highest BCUT2D eigenvalue weighted by atomic mass is 16.5. The zero-order chi connectivity index (χ0) is 19.1. The molecule has 146 valence electrons. The Morgan fingerprint density at radius 2 is 2.15 bits per heavy atom. The van der Waals surface area contributed by atoms with Gasteiger partial charge in [0, 0.05) is 24.6 Å². The second-order valence-electron chi connectivity index (χ2n) is 6.89. The number of aliphatic imine (C=N–C) groups is 1. The van der Waals surface area contributed by atoms with E-state index in [0.29, 0.717) is 17.9 Å². The first-order valence-electron chi connectivity index (χ1n) is 9.89. The van der Waals surface area contributed by atoms with Crippen LogP contribution in [0.5, 0.6) is 0 Å². The van der Waals surface area contributed by atoms with Crippen molar-refractivity contribution in [3.05, 3.63) is 35.7 Å². The summed E-state index contributed by atoms with van der Waals surface area (Å²) in [6, 6.07) is 8.73. The van der Waals surface area contributed by atoms with Gasteiger partial charge in [-0.3, -0.25) is 9.89 Å². The Balaban J connectivity index is 1.43. The van der Waals surface area contributed by atoms with E-state index in [1.54, 1.807) is 0 Å². The number of nitrogens with two attached hydrogens (primary N) is 1. The minimum atomic E-state index is 0.535. The van der Waals surface area contributed by atoms with E-state index in [0.717, 1.165) is 43.9 Å². The minimum Gasteiger partial charge on any atom is -0.370 e. The molecule has 1 aliphatic rings. The number of aromatic nitrogens is 2. The Hall–Kier alpha value is -2.41. The molecule has 2 heterocycles. The summed E-state index contributed by atoms with van der Waals surface area (Å²) < 4.78 is 5.27. The third-order valence-electron chi connectivity index (χ3n) is 5.08. The predicted molar refractivity (Wildman–Crippen MR) is 108 cm³/mol. The number of likely N-dealkylation sites (tertiary alicyclic amines) is 1. The molecule has 0 aliphatic carbocycles. The number of nitrogens with one attached hydrogen (secondary N) is 1. The zero-order valence-corrected chi connectivity index (χ0v) is 16.3. The normalized spacial score (nSPS) is 18.1. The molecule has 1 unspecified atom stereocenters. The molecule has 1 aliphatic heterocycles. The van der Waals surface area contributed by atoms with Gasteiger partial charge in [-0.15, -0.1) is 0 Å². The lowest BCUT2D eigenvalue weighted by Crippen LogP contribution is -2.36. The van der Waals surface area contributed by atoms with Crippen molar-refractivity contribution in [2.45, 2.75) is 45.6 Å². The van der Waals surface area contributed by atoms with Crippen molar-refractivity contribution < 1.29 is 4.52 Å². The van der Waals surface area contributed by atoms with Gasteiger partial charge in [0.15, 0.2) is 11.8 Å². The molecule has 0 radical (unpaired) electrons. The van der Waals surface area contributed by atoms with Crippen LogP contribution in [0.15, 0.2) is 33.8 Å². The van der Waals surface area contributed by atoms with Crippen LogP contribution in [0.1, 0.15) is 38.1 Å². The SMILES string of the molecule is CCc1noc(-c2ccc(CCNC(N)=NCC3CCCN3CC)cc2)n1. The van der Waals surface area contributed by atoms with Crippen LogP contribution >= 0.6 is 0 Å². The molecule has 1 aromatic carbocycles. The largest absolute Gasteiger partial charge is 0.370 e. The lowest BCUT2D eigenvalue weighted by molar-refractivity contribution is 0.273. The fourth-order valence-corrected chi connectivity index (χ4v) is 3.44. The van der Waals surface area contributed by atoms with Gasteiger partial charge < -0.3 is 15.6 Å². The molecule has 0 amide bonds. The highest BCUT2D eigenvalue weighted by molar-refractivity contribution is 5.77. The molecule has 27 heavy (non-hydrogen) atoms. The number of hydrogen-bond acceptors (Lipinski definition) is 5. The Kier molecular flexibility index (Phi) is 6.81. The predicted octanol–water partition coefficient (Wildman–Crippen LogP) is 2.23. The fourth-order valence-electron chi connectivity index (χ4n) is 3.44. The molecule has 1 saturated heterocycles. The Bertz CT molecular complexity index is 739. The lowest BCUT2D eigenvalue weighted by atomic mass is 10.1. The van der Waals surface area contributed by atoms with Gasteiger partial charge in [-0.25, -0.2) is 0 Å². The first-order valence-corrected chi connectivity index (χ1v) is 9.89. The van der Waals surface area contributed by atoms with Crippen molar-refractivity contribution in [2.24, 2.45) is 10.7 Å². The second-order valence-corrected chi connectivity index (χ2v) is 6.89. The Labute approximate surface area is 161 Å². The summed E-state index contributed by atoms with van der Waals surface area (Å²) in [5.74, 6) is 1.83. The molecule has 0 saturated carbocycles. The Morgan fingerprint density at radius 1 is 1.33 bits per heavy atom. The summed E-state index contributed by atoms with van der Waals surface area (Å²) in [5, 5.41) is 7.15. The van der Waals surface area contributed by atoms with Gasteiger partial charge in [-0.05, 0) is 50.0 Å². The van der Waals surface area contributed by atoms with E-state index in [1.807, 2.05) is 19.1 Å². The average molecular weight is 371 g/mol. The number of likely N-dealkylation sites (N-methyl/N-ethyl adjacent to an activating group) is 1. The van der Waals surface area contributed by atoms with Crippen LogP contribution in [0.25, 0.3) is 11.5 Å². The molecule has 1 atom stereocenters. The number of hydrogen-bond donors (Lipinski definition) is 2. The van der Waals surface area contributed by atoms with E-state index < -0.39 is 0 Å². The Morgan fingerprint density at radius 3 is 2.85 bits per heavy atom. The van der Waals surface area contributed by atoms with E-state index >= 15 is 0 Å². The fraction of sp³-hybridized carbons (Fsp3) is 0.550. The minimum absolute atomic E-state index is 0.535. The maximum absolute atomic E-state index is 6.01. The third kappa shape index (κ3) is 5.29. The van der Waals surface area contributed by atoms with Crippen LogP contribution in [0, 0.1) is 0 Å². The number of nitrogens with zero attached hydrogens (tertiary/aromatic N) is 4. The molecular formula is C20H30N6O. The smallest absolute Gasteiger partial charge is 0.257 e. The van der Waals surface area contributed by atoms with Crippen LogP contribution in [0.3, 0.4) is 0 Å². The van der Waals surface area contributed by atoms with Crippen molar-refractivity contribution in [2.75, 3.05) is 26.2 Å². The van der Waals surface area contributed by atoms with Crippen molar-refractivity contribution in [1.82, 2.24) is 20.4 Å². The molecule has 1 aromatic heterocycles. The summed E-state index contributed by atoms with van der Waals surface area (Å²) in [4.78, 5) is 11.3. The van der Waals surface area contributed by atoms with Gasteiger partial charge in [-0.1, -0.05) is 31.1 Å². The molecule has 2 aromatic rings. The first kappa shape index (κ1) is 19.4. The van der Waals surface area contributed by atoms with Gasteiger partial charge in [0.25, 0.3) is 5.89 Å². The highest BCUT2D eigenvalue weighted by Crippen LogP contribution is 2.18. The maximum Gasteiger partial charge on any atom is 0.257 e. The van der Waals surface area contributed by atoms with Gasteiger partial charge in [-0.2, -0.15) is 4.98 Å². The molecular weight excluding hydrogens is 340 g/mol. The van der Waals surface area contributed by atoms with E-state index in [9.17, 15) is 0 Å². The van der Waals surface area contributed by atoms with Gasteiger partial charge in [0.1, 0.15) is 0 Å². The summed E-state index contributed by atoms with van der Waals surface area (Å²) >= 11 is 0. The van der Waals surface area contributed by atoms with Crippen LogP contribution in [-0.4, -0.2) is 53.2 Å². The average Bonchev–Trinajstić information content (AvgIpc) is 3.36. The number of aryl methyl sites for hydroxylation is 1. The van der Waals surface area contributed by atoms with Crippen LogP contribution < -0.4 is 11.1 Å². The summed E-state index contributed by atoms with van der Waals surface area (Å²) in [5.41, 5.74) is 8.18. The van der Waals surface area contributed by atoms with Crippen molar-refractivity contribution in [3.8, 4) is 11.5 Å². The molecule has 1 fully saturated rings. The lowest BCUT2D eigenvalue weighted by Gasteiger charge is -2.20. The quantitative estimate of drug-likeness (QED) is 0.547. The standard InChI is InChI=1S/C20H30N6O/c1-3-18-24-19(27-25-18)16-9-7-15(8-10-16)11-12-22-20(21)23-14-17-6-5-13-26(17)4-2/h7-10,17H,3-6,11-14H2,1-2H3,(H3,21,22,23). The number of benzene rings is 1. The van der Waals surface area contributed by atoms with Crippen LogP contribution in [0.4, 0.5) is 0 Å². The molecule has 7 heteroatoms. The topological polar surface area (TPSA) is 92.6 Å². The molecule has 0 spiro atoms. The molecule has 3 N–H and O–H groups in total. The summed E-state index contributed by atoms with van der Waals surface area (Å²) in [7, 11) is 0. The van der Waals surface area contributed by atoms with Crippen LogP contribution in [-0.2, 0) is 12.8 Å². The third-order valence-corrected chi connectivity index (χ3v) is 5.08.